The molecule has 124 valence electrons. The van der Waals surface area contributed by atoms with Crippen molar-refractivity contribution in [3.63, 3.8) is 0 Å². The molecule has 1 aliphatic heterocycles. The smallest absolute Gasteiger partial charge is 0.416 e. The van der Waals surface area contributed by atoms with Crippen molar-refractivity contribution in [2.45, 2.75) is 25.6 Å². The van der Waals surface area contributed by atoms with Crippen LogP contribution in [0.15, 0.2) is 48.5 Å². The Kier molecular flexibility index (Phi) is 3.74. The van der Waals surface area contributed by atoms with E-state index in [9.17, 15) is 18.0 Å². The fourth-order valence-electron chi connectivity index (χ4n) is 2.50. The molecule has 0 N–H and O–H groups in total. The topological polar surface area (TPSA) is 26.3 Å². The van der Waals surface area contributed by atoms with Gasteiger partial charge in [-0.2, -0.15) is 13.2 Å². The van der Waals surface area contributed by atoms with E-state index in [4.69, 9.17) is 4.74 Å². The lowest BCUT2D eigenvalue weighted by Crippen LogP contribution is -2.27. The minimum absolute atomic E-state index is 0.212. The van der Waals surface area contributed by atoms with E-state index in [0.29, 0.717) is 11.3 Å². The molecule has 0 fully saturated rings. The zero-order valence-electron chi connectivity index (χ0n) is 13.1. The van der Waals surface area contributed by atoms with Crippen LogP contribution in [-0.4, -0.2) is 11.4 Å². The van der Waals surface area contributed by atoms with Gasteiger partial charge in [-0.1, -0.05) is 18.2 Å². The van der Waals surface area contributed by atoms with E-state index < -0.39 is 17.3 Å². The van der Waals surface area contributed by atoms with Gasteiger partial charge in [0.25, 0.3) is 0 Å². The van der Waals surface area contributed by atoms with Gasteiger partial charge in [0.05, 0.1) is 5.56 Å². The monoisotopic (exact) mass is 332 g/mol. The average Bonchev–Trinajstić information content (AvgIpc) is 2.52. The molecule has 0 spiro atoms. The predicted octanol–water partition coefficient (Wildman–Crippen LogP) is 5.12. The van der Waals surface area contributed by atoms with Crippen LogP contribution in [0, 0.1) is 0 Å². The minimum atomic E-state index is -4.41. The molecule has 3 rings (SSSR count). The molecule has 1 heterocycles. The highest BCUT2D eigenvalue weighted by atomic mass is 19.4. The van der Waals surface area contributed by atoms with E-state index in [1.165, 1.54) is 12.1 Å². The first-order valence-electron chi connectivity index (χ1n) is 7.40. The molecular formula is C19H15F3O2. The van der Waals surface area contributed by atoms with Crippen LogP contribution in [0.2, 0.25) is 0 Å². The standard InChI is InChI=1S/C19H15F3O2/c1-18(2)10-9-13-11-14(5-8-16(13)24-18)17(23)12-3-6-15(7-4-12)19(20,21)22/h3-11H,1-2H3. The van der Waals surface area contributed by atoms with Gasteiger partial charge in [0, 0.05) is 16.7 Å². The Labute approximate surface area is 137 Å². The third kappa shape index (κ3) is 3.20. The van der Waals surface area contributed by atoms with Crippen molar-refractivity contribution in [3.8, 4) is 5.75 Å². The fourth-order valence-corrected chi connectivity index (χ4v) is 2.50. The number of hydrogen-bond acceptors (Lipinski definition) is 2. The summed E-state index contributed by atoms with van der Waals surface area (Å²) in [5.41, 5.74) is 0.201. The largest absolute Gasteiger partial charge is 0.483 e. The molecule has 2 nitrogen and oxygen atoms in total. The minimum Gasteiger partial charge on any atom is -0.483 e. The maximum Gasteiger partial charge on any atom is 0.416 e. The van der Waals surface area contributed by atoms with E-state index in [1.807, 2.05) is 26.0 Å². The van der Waals surface area contributed by atoms with Gasteiger partial charge in [-0.05, 0) is 50.3 Å². The van der Waals surface area contributed by atoms with Gasteiger partial charge in [0.15, 0.2) is 5.78 Å². The summed E-state index contributed by atoms with van der Waals surface area (Å²) < 4.78 is 43.6. The number of halogens is 3. The number of carbonyl (C=O) groups is 1. The Morgan fingerprint density at radius 1 is 1.00 bits per heavy atom. The number of ketones is 1. The third-order valence-electron chi connectivity index (χ3n) is 3.78. The maximum absolute atomic E-state index is 12.6. The number of alkyl halides is 3. The Morgan fingerprint density at radius 2 is 1.62 bits per heavy atom. The van der Waals surface area contributed by atoms with Crippen LogP contribution < -0.4 is 4.74 Å². The molecule has 5 heteroatoms. The van der Waals surface area contributed by atoms with Gasteiger partial charge in [-0.25, -0.2) is 0 Å². The first kappa shape index (κ1) is 16.3. The van der Waals surface area contributed by atoms with Crippen LogP contribution in [0.3, 0.4) is 0 Å². The lowest BCUT2D eigenvalue weighted by atomic mass is 9.97. The van der Waals surface area contributed by atoms with E-state index >= 15 is 0 Å². The molecule has 0 atom stereocenters. The van der Waals surface area contributed by atoms with Crippen LogP contribution in [0.4, 0.5) is 13.2 Å². The van der Waals surface area contributed by atoms with Crippen molar-refractivity contribution in [2.24, 2.45) is 0 Å². The second kappa shape index (κ2) is 5.51. The Hall–Kier alpha value is -2.56. The summed E-state index contributed by atoms with van der Waals surface area (Å²) >= 11 is 0. The molecule has 0 aliphatic carbocycles. The average molecular weight is 332 g/mol. The van der Waals surface area contributed by atoms with Crippen LogP contribution in [0.25, 0.3) is 6.08 Å². The molecular weight excluding hydrogens is 317 g/mol. The van der Waals surface area contributed by atoms with E-state index in [2.05, 4.69) is 0 Å². The second-order valence-electron chi connectivity index (χ2n) is 6.20. The first-order chi connectivity index (χ1) is 11.2. The van der Waals surface area contributed by atoms with Gasteiger partial charge >= 0.3 is 6.18 Å². The molecule has 2 aromatic carbocycles. The van der Waals surface area contributed by atoms with Crippen molar-refractivity contribution in [3.05, 3.63) is 70.8 Å². The van der Waals surface area contributed by atoms with Crippen LogP contribution >= 0.6 is 0 Å². The molecule has 0 amide bonds. The number of hydrogen-bond donors (Lipinski definition) is 0. The van der Waals surface area contributed by atoms with Gasteiger partial charge in [0.2, 0.25) is 0 Å². The van der Waals surface area contributed by atoms with Crippen LogP contribution in [0.5, 0.6) is 5.75 Å². The number of ether oxygens (including phenoxy) is 1. The summed E-state index contributed by atoms with van der Waals surface area (Å²) in [7, 11) is 0. The Morgan fingerprint density at radius 3 is 2.25 bits per heavy atom. The molecule has 0 aromatic heterocycles. The SMILES string of the molecule is CC1(C)C=Cc2cc(C(=O)c3ccc(C(F)(F)F)cc3)ccc2O1. The van der Waals surface area contributed by atoms with Crippen LogP contribution in [0.1, 0.15) is 40.9 Å². The summed E-state index contributed by atoms with van der Waals surface area (Å²) in [5.74, 6) is 0.344. The fraction of sp³-hybridized carbons (Fsp3) is 0.211. The Balaban J connectivity index is 1.89. The van der Waals surface area contributed by atoms with Gasteiger partial charge in [0.1, 0.15) is 11.4 Å². The van der Waals surface area contributed by atoms with Crippen molar-refractivity contribution >= 4 is 11.9 Å². The first-order valence-corrected chi connectivity index (χ1v) is 7.40. The van der Waals surface area contributed by atoms with Gasteiger partial charge in [-0.3, -0.25) is 4.79 Å². The summed E-state index contributed by atoms with van der Waals surface area (Å²) in [6.07, 6.45) is -0.646. The molecule has 1 aliphatic rings. The number of rotatable bonds is 2. The Bertz CT molecular complexity index is 815. The second-order valence-corrected chi connectivity index (χ2v) is 6.20. The van der Waals surface area contributed by atoms with Gasteiger partial charge < -0.3 is 4.74 Å². The summed E-state index contributed by atoms with van der Waals surface area (Å²) in [4.78, 5) is 12.5. The highest BCUT2D eigenvalue weighted by Gasteiger charge is 2.30. The number of carbonyl (C=O) groups excluding carboxylic acids is 1. The zero-order valence-corrected chi connectivity index (χ0v) is 13.1. The molecule has 24 heavy (non-hydrogen) atoms. The van der Waals surface area contributed by atoms with Gasteiger partial charge in [-0.15, -0.1) is 0 Å². The predicted molar refractivity (Wildman–Crippen MR) is 85.1 cm³/mol. The van der Waals surface area contributed by atoms with Crippen molar-refractivity contribution in [2.75, 3.05) is 0 Å². The van der Waals surface area contributed by atoms with E-state index in [-0.39, 0.29) is 11.3 Å². The normalized spacial score (nSPS) is 15.5. The molecule has 0 bridgehead atoms. The highest BCUT2D eigenvalue weighted by molar-refractivity contribution is 6.09. The molecule has 0 radical (unpaired) electrons. The lowest BCUT2D eigenvalue weighted by molar-refractivity contribution is -0.137. The van der Waals surface area contributed by atoms with Crippen molar-refractivity contribution < 1.29 is 22.7 Å². The molecule has 0 unspecified atom stereocenters. The molecule has 0 saturated carbocycles. The quantitative estimate of drug-likeness (QED) is 0.714. The summed E-state index contributed by atoms with van der Waals surface area (Å²) in [6.45, 7) is 3.85. The van der Waals surface area contributed by atoms with Crippen molar-refractivity contribution in [1.29, 1.82) is 0 Å². The highest BCUT2D eigenvalue weighted by Crippen LogP contribution is 2.32. The van der Waals surface area contributed by atoms with E-state index in [1.54, 1.807) is 18.2 Å². The summed E-state index contributed by atoms with van der Waals surface area (Å²) in [5, 5.41) is 0. The molecule has 2 aromatic rings. The van der Waals surface area contributed by atoms with Crippen molar-refractivity contribution in [1.82, 2.24) is 0 Å². The third-order valence-corrected chi connectivity index (χ3v) is 3.78. The number of fused-ring (bicyclic) bond motifs is 1. The summed E-state index contributed by atoms with van der Waals surface area (Å²) in [6, 6.07) is 9.22. The maximum atomic E-state index is 12.6. The van der Waals surface area contributed by atoms with Crippen LogP contribution in [-0.2, 0) is 6.18 Å². The molecule has 0 saturated heterocycles. The zero-order chi connectivity index (χ0) is 17.5. The van der Waals surface area contributed by atoms with E-state index in [0.717, 1.165) is 17.7 Å². The number of benzene rings is 2. The lowest BCUT2D eigenvalue weighted by Gasteiger charge is -2.27.